The second-order valence-corrected chi connectivity index (χ2v) is 4.83. The quantitative estimate of drug-likeness (QED) is 0.557. The second-order valence-electron chi connectivity index (χ2n) is 4.83. The van der Waals surface area contributed by atoms with Crippen molar-refractivity contribution in [3.63, 3.8) is 0 Å². The number of hydrogen-bond donors (Lipinski definition) is 1. The van der Waals surface area contributed by atoms with Crippen molar-refractivity contribution < 1.29 is 14.3 Å². The van der Waals surface area contributed by atoms with Crippen LogP contribution in [-0.2, 0) is 4.74 Å². The molecule has 0 bridgehead atoms. The van der Waals surface area contributed by atoms with Gasteiger partial charge in [0.15, 0.2) is 0 Å². The lowest BCUT2D eigenvalue weighted by Crippen LogP contribution is -2.26. The highest BCUT2D eigenvalue weighted by molar-refractivity contribution is 5.89. The third-order valence-corrected chi connectivity index (χ3v) is 3.22. The molecule has 0 aliphatic rings. The Morgan fingerprint density at radius 1 is 1.25 bits per heavy atom. The number of nitrogens with one attached hydrogen (secondary N) is 1. The third-order valence-electron chi connectivity index (χ3n) is 3.22. The van der Waals surface area contributed by atoms with Crippen LogP contribution in [0.1, 0.15) is 43.5 Å². The number of carbonyl (C=O) groups is 1. The minimum absolute atomic E-state index is 0.326. The Morgan fingerprint density at radius 3 is 2.55 bits per heavy atom. The van der Waals surface area contributed by atoms with Crippen LogP contribution >= 0.6 is 0 Å². The van der Waals surface area contributed by atoms with E-state index < -0.39 is 0 Å². The fourth-order valence-corrected chi connectivity index (χ4v) is 1.71. The van der Waals surface area contributed by atoms with Crippen molar-refractivity contribution >= 4 is 5.97 Å². The zero-order valence-corrected chi connectivity index (χ0v) is 12.6. The number of benzene rings is 1. The van der Waals surface area contributed by atoms with E-state index in [0.717, 1.165) is 31.6 Å². The first kappa shape index (κ1) is 16.5. The number of rotatable bonds is 9. The molecular weight excluding hydrogens is 254 g/mol. The predicted octanol–water partition coefficient (Wildman–Crippen LogP) is 3.02. The zero-order valence-electron chi connectivity index (χ0n) is 12.6. The maximum Gasteiger partial charge on any atom is 0.337 e. The summed E-state index contributed by atoms with van der Waals surface area (Å²) in [6, 6.07) is 7.60. The summed E-state index contributed by atoms with van der Waals surface area (Å²) in [6.45, 7) is 6.09. The Balaban J connectivity index is 2.17. The summed E-state index contributed by atoms with van der Waals surface area (Å²) in [5.41, 5.74) is 0.539. The van der Waals surface area contributed by atoms with E-state index in [0.29, 0.717) is 18.2 Å². The molecule has 0 saturated carbocycles. The van der Waals surface area contributed by atoms with Crippen LogP contribution in [0, 0.1) is 0 Å². The largest absolute Gasteiger partial charge is 0.494 e. The van der Waals surface area contributed by atoms with Gasteiger partial charge in [0.05, 0.1) is 19.3 Å². The summed E-state index contributed by atoms with van der Waals surface area (Å²) in [7, 11) is 1.38. The highest BCUT2D eigenvalue weighted by Crippen LogP contribution is 2.13. The number of esters is 1. The molecule has 1 atom stereocenters. The van der Waals surface area contributed by atoms with E-state index in [1.54, 1.807) is 24.3 Å². The summed E-state index contributed by atoms with van der Waals surface area (Å²) >= 11 is 0. The molecule has 1 aromatic carbocycles. The fraction of sp³-hybridized carbons (Fsp3) is 0.562. The van der Waals surface area contributed by atoms with E-state index in [-0.39, 0.29) is 5.97 Å². The van der Waals surface area contributed by atoms with E-state index in [2.05, 4.69) is 23.9 Å². The van der Waals surface area contributed by atoms with Crippen molar-refractivity contribution in [3.05, 3.63) is 29.8 Å². The maximum atomic E-state index is 11.3. The van der Waals surface area contributed by atoms with Crippen LogP contribution in [-0.4, -0.2) is 32.3 Å². The van der Waals surface area contributed by atoms with Crippen LogP contribution in [0.25, 0.3) is 0 Å². The lowest BCUT2D eigenvalue weighted by molar-refractivity contribution is 0.0600. The lowest BCUT2D eigenvalue weighted by atomic mass is 10.2. The minimum Gasteiger partial charge on any atom is -0.494 e. The van der Waals surface area contributed by atoms with Crippen molar-refractivity contribution in [1.82, 2.24) is 5.32 Å². The monoisotopic (exact) mass is 279 g/mol. The van der Waals surface area contributed by atoms with E-state index in [9.17, 15) is 4.79 Å². The molecular formula is C16H25NO3. The molecule has 4 nitrogen and oxygen atoms in total. The van der Waals surface area contributed by atoms with Crippen molar-refractivity contribution in [2.24, 2.45) is 0 Å². The number of carbonyl (C=O) groups excluding carboxylic acids is 1. The fourth-order valence-electron chi connectivity index (χ4n) is 1.71. The van der Waals surface area contributed by atoms with Gasteiger partial charge in [-0.25, -0.2) is 4.79 Å². The van der Waals surface area contributed by atoms with Gasteiger partial charge in [-0.2, -0.15) is 0 Å². The Bertz CT molecular complexity index is 389. The van der Waals surface area contributed by atoms with Crippen molar-refractivity contribution in [3.8, 4) is 5.75 Å². The molecule has 0 spiro atoms. The standard InChI is InChI=1S/C16H25NO3/c1-4-13(2)17-11-5-6-12-20-15-9-7-14(8-10-15)16(18)19-3/h7-10,13,17H,4-6,11-12H2,1-3H3. The molecule has 0 aliphatic heterocycles. The van der Waals surface area contributed by atoms with Crippen molar-refractivity contribution in [2.75, 3.05) is 20.3 Å². The number of methoxy groups -OCH3 is 1. The van der Waals surface area contributed by atoms with Gasteiger partial charge in [-0.1, -0.05) is 6.92 Å². The molecule has 4 heteroatoms. The van der Waals surface area contributed by atoms with Crippen LogP contribution in [0.2, 0.25) is 0 Å². The van der Waals surface area contributed by atoms with Crippen molar-refractivity contribution in [2.45, 2.75) is 39.2 Å². The van der Waals surface area contributed by atoms with Crippen LogP contribution in [0.4, 0.5) is 0 Å². The minimum atomic E-state index is -0.326. The molecule has 0 aromatic heterocycles. The Morgan fingerprint density at radius 2 is 1.95 bits per heavy atom. The molecule has 1 rings (SSSR count). The molecule has 112 valence electrons. The lowest BCUT2D eigenvalue weighted by Gasteiger charge is -2.11. The highest BCUT2D eigenvalue weighted by atomic mass is 16.5. The molecule has 0 saturated heterocycles. The van der Waals surface area contributed by atoms with Gasteiger partial charge in [-0.15, -0.1) is 0 Å². The molecule has 0 heterocycles. The summed E-state index contributed by atoms with van der Waals surface area (Å²) in [6.07, 6.45) is 3.27. The van der Waals surface area contributed by atoms with Crippen LogP contribution < -0.4 is 10.1 Å². The summed E-state index contributed by atoms with van der Waals surface area (Å²) in [4.78, 5) is 11.3. The first-order chi connectivity index (χ1) is 9.67. The third kappa shape index (κ3) is 6.06. The van der Waals surface area contributed by atoms with Crippen LogP contribution in [0.15, 0.2) is 24.3 Å². The average Bonchev–Trinajstić information content (AvgIpc) is 2.50. The maximum absolute atomic E-state index is 11.3. The van der Waals surface area contributed by atoms with Gasteiger partial charge in [0.25, 0.3) is 0 Å². The topological polar surface area (TPSA) is 47.6 Å². The first-order valence-corrected chi connectivity index (χ1v) is 7.22. The van der Waals surface area contributed by atoms with Gasteiger partial charge in [-0.3, -0.25) is 0 Å². The van der Waals surface area contributed by atoms with Crippen LogP contribution in [0.3, 0.4) is 0 Å². The van der Waals surface area contributed by atoms with Gasteiger partial charge in [0.2, 0.25) is 0 Å². The smallest absolute Gasteiger partial charge is 0.337 e. The van der Waals surface area contributed by atoms with E-state index in [4.69, 9.17) is 4.74 Å². The van der Waals surface area contributed by atoms with E-state index in [1.165, 1.54) is 7.11 Å². The highest BCUT2D eigenvalue weighted by Gasteiger charge is 2.04. The van der Waals surface area contributed by atoms with Crippen LogP contribution in [0.5, 0.6) is 5.75 Å². The van der Waals surface area contributed by atoms with E-state index >= 15 is 0 Å². The predicted molar refractivity (Wildman–Crippen MR) is 80.3 cm³/mol. The second kappa shape index (κ2) is 9.37. The molecule has 0 amide bonds. The Kier molecular flexibility index (Phi) is 7.73. The number of unbranched alkanes of at least 4 members (excludes halogenated alkanes) is 1. The summed E-state index contributed by atoms with van der Waals surface area (Å²) in [5, 5.41) is 3.45. The molecule has 20 heavy (non-hydrogen) atoms. The number of ether oxygens (including phenoxy) is 2. The molecule has 1 unspecified atom stereocenters. The van der Waals surface area contributed by atoms with Gasteiger partial charge < -0.3 is 14.8 Å². The normalized spacial score (nSPS) is 11.9. The van der Waals surface area contributed by atoms with Gasteiger partial charge in [0.1, 0.15) is 5.75 Å². The SMILES string of the molecule is CCC(C)NCCCCOc1ccc(C(=O)OC)cc1. The number of hydrogen-bond acceptors (Lipinski definition) is 4. The van der Waals surface area contributed by atoms with E-state index in [1.807, 2.05) is 0 Å². The summed E-state index contributed by atoms with van der Waals surface area (Å²) < 4.78 is 10.3. The Hall–Kier alpha value is -1.55. The van der Waals surface area contributed by atoms with Gasteiger partial charge >= 0.3 is 5.97 Å². The molecule has 0 radical (unpaired) electrons. The van der Waals surface area contributed by atoms with Crippen molar-refractivity contribution in [1.29, 1.82) is 0 Å². The average molecular weight is 279 g/mol. The first-order valence-electron chi connectivity index (χ1n) is 7.22. The zero-order chi connectivity index (χ0) is 14.8. The molecule has 1 N–H and O–H groups in total. The molecule has 1 aromatic rings. The van der Waals surface area contributed by atoms with Gasteiger partial charge in [0, 0.05) is 6.04 Å². The molecule has 0 fully saturated rings. The van der Waals surface area contributed by atoms with Gasteiger partial charge in [-0.05, 0) is 57.0 Å². The molecule has 0 aliphatic carbocycles. The Labute approximate surface area is 121 Å². The summed E-state index contributed by atoms with van der Waals surface area (Å²) in [5.74, 6) is 0.459.